The Morgan fingerprint density at radius 2 is 2.00 bits per heavy atom. The first kappa shape index (κ1) is 15.4. The molecule has 1 amide bonds. The molecule has 0 spiro atoms. The average Bonchev–Trinajstić information content (AvgIpc) is 2.35. The van der Waals surface area contributed by atoms with Gasteiger partial charge in [0.2, 0.25) is 5.91 Å². The quantitative estimate of drug-likeness (QED) is 0.831. The van der Waals surface area contributed by atoms with E-state index in [-0.39, 0.29) is 5.91 Å². The van der Waals surface area contributed by atoms with Crippen LogP contribution in [0.2, 0.25) is 0 Å². The molecular formula is C14H21N3OS. The highest BCUT2D eigenvalue weighted by Gasteiger charge is 2.17. The van der Waals surface area contributed by atoms with Crippen LogP contribution in [0.3, 0.4) is 0 Å². The van der Waals surface area contributed by atoms with E-state index in [0.717, 1.165) is 23.4 Å². The third-order valence-electron chi connectivity index (χ3n) is 3.03. The number of rotatable bonds is 5. The van der Waals surface area contributed by atoms with Crippen molar-refractivity contribution in [3.63, 3.8) is 0 Å². The second-order valence-corrected chi connectivity index (χ2v) is 5.08. The monoisotopic (exact) mass is 279 g/mol. The Bertz CT molecular complexity index is 486. The summed E-state index contributed by atoms with van der Waals surface area (Å²) in [5.74, 6) is 0.0546. The maximum Gasteiger partial charge on any atom is 0.241 e. The summed E-state index contributed by atoms with van der Waals surface area (Å²) in [6, 6.07) is 5.82. The van der Waals surface area contributed by atoms with E-state index in [9.17, 15) is 4.79 Å². The number of amides is 1. The first-order chi connectivity index (χ1) is 8.88. The van der Waals surface area contributed by atoms with Gasteiger partial charge in [-0.3, -0.25) is 4.79 Å². The fourth-order valence-electron chi connectivity index (χ4n) is 1.93. The van der Waals surface area contributed by atoms with E-state index in [1.807, 2.05) is 36.9 Å². The number of anilines is 1. The van der Waals surface area contributed by atoms with Gasteiger partial charge in [0.05, 0.1) is 12.2 Å². The standard InChI is InChI=1S/C14H21N3OS/c1-5-17(9-12(18)16(3)4)13-10(2)7-6-8-11(13)14(15)19/h6-8H,5,9H2,1-4H3,(H2,15,19). The highest BCUT2D eigenvalue weighted by atomic mass is 32.1. The second kappa shape index (κ2) is 6.52. The van der Waals surface area contributed by atoms with Crippen molar-refractivity contribution in [3.05, 3.63) is 29.3 Å². The van der Waals surface area contributed by atoms with Gasteiger partial charge in [0, 0.05) is 26.2 Å². The number of carbonyl (C=O) groups is 1. The van der Waals surface area contributed by atoms with Crippen molar-refractivity contribution in [2.24, 2.45) is 5.73 Å². The van der Waals surface area contributed by atoms with E-state index in [2.05, 4.69) is 0 Å². The van der Waals surface area contributed by atoms with Crippen molar-refractivity contribution in [2.75, 3.05) is 32.1 Å². The summed E-state index contributed by atoms with van der Waals surface area (Å²) in [7, 11) is 3.50. The van der Waals surface area contributed by atoms with Crippen molar-refractivity contribution >= 4 is 28.8 Å². The van der Waals surface area contributed by atoms with Crippen LogP contribution < -0.4 is 10.6 Å². The molecule has 4 nitrogen and oxygen atoms in total. The molecular weight excluding hydrogens is 258 g/mol. The van der Waals surface area contributed by atoms with Gasteiger partial charge in [-0.25, -0.2) is 0 Å². The zero-order valence-electron chi connectivity index (χ0n) is 11.9. The molecule has 1 aromatic carbocycles. The number of benzene rings is 1. The summed E-state index contributed by atoms with van der Waals surface area (Å²) in [6.45, 7) is 5.06. The lowest BCUT2D eigenvalue weighted by Gasteiger charge is -2.28. The molecule has 0 radical (unpaired) electrons. The second-order valence-electron chi connectivity index (χ2n) is 4.64. The molecule has 1 aromatic rings. The highest BCUT2D eigenvalue weighted by Crippen LogP contribution is 2.25. The molecule has 0 aliphatic rings. The van der Waals surface area contributed by atoms with Crippen LogP contribution >= 0.6 is 12.2 Å². The molecule has 5 heteroatoms. The van der Waals surface area contributed by atoms with E-state index < -0.39 is 0 Å². The Morgan fingerprint density at radius 1 is 1.37 bits per heavy atom. The molecule has 0 unspecified atom stereocenters. The highest BCUT2D eigenvalue weighted by molar-refractivity contribution is 7.80. The Kier molecular flexibility index (Phi) is 5.30. The molecule has 0 aliphatic heterocycles. The molecule has 0 fully saturated rings. The van der Waals surface area contributed by atoms with Crippen molar-refractivity contribution in [1.29, 1.82) is 0 Å². The van der Waals surface area contributed by atoms with Crippen LogP contribution in [0.1, 0.15) is 18.1 Å². The number of carbonyl (C=O) groups excluding carboxylic acids is 1. The minimum Gasteiger partial charge on any atom is -0.389 e. The van der Waals surface area contributed by atoms with Gasteiger partial charge in [0.15, 0.2) is 0 Å². The maximum atomic E-state index is 11.9. The van der Waals surface area contributed by atoms with Crippen LogP contribution in [0.5, 0.6) is 0 Å². The molecule has 0 bridgehead atoms. The van der Waals surface area contributed by atoms with Crippen LogP contribution in [0.15, 0.2) is 18.2 Å². The molecule has 0 heterocycles. The van der Waals surface area contributed by atoms with E-state index >= 15 is 0 Å². The molecule has 0 saturated carbocycles. The number of nitrogens with zero attached hydrogens (tertiary/aromatic N) is 2. The molecule has 0 aromatic heterocycles. The number of para-hydroxylation sites is 1. The normalized spacial score (nSPS) is 10.1. The van der Waals surface area contributed by atoms with Crippen molar-refractivity contribution in [2.45, 2.75) is 13.8 Å². The van der Waals surface area contributed by atoms with Gasteiger partial charge in [0.25, 0.3) is 0 Å². The van der Waals surface area contributed by atoms with Gasteiger partial charge in [-0.2, -0.15) is 0 Å². The lowest BCUT2D eigenvalue weighted by atomic mass is 10.1. The van der Waals surface area contributed by atoms with Crippen LogP contribution in [-0.4, -0.2) is 43.0 Å². The average molecular weight is 279 g/mol. The molecule has 1 rings (SSSR count). The van der Waals surface area contributed by atoms with Gasteiger partial charge in [0.1, 0.15) is 4.99 Å². The van der Waals surface area contributed by atoms with Crippen molar-refractivity contribution in [1.82, 2.24) is 4.90 Å². The minimum atomic E-state index is 0.0546. The van der Waals surface area contributed by atoms with Crippen molar-refractivity contribution < 1.29 is 4.79 Å². The largest absolute Gasteiger partial charge is 0.389 e. The minimum absolute atomic E-state index is 0.0546. The summed E-state index contributed by atoms with van der Waals surface area (Å²) in [6.07, 6.45) is 0. The van der Waals surface area contributed by atoms with Crippen LogP contribution in [0, 0.1) is 6.92 Å². The van der Waals surface area contributed by atoms with Crippen molar-refractivity contribution in [3.8, 4) is 0 Å². The summed E-state index contributed by atoms with van der Waals surface area (Å²) in [4.78, 5) is 15.8. The van der Waals surface area contributed by atoms with Gasteiger partial charge >= 0.3 is 0 Å². The number of thiocarbonyl (C=S) groups is 1. The predicted octanol–water partition coefficient (Wildman–Crippen LogP) is 1.54. The lowest BCUT2D eigenvalue weighted by Crippen LogP contribution is -2.37. The van der Waals surface area contributed by atoms with E-state index in [4.69, 9.17) is 18.0 Å². The Balaban J connectivity index is 3.17. The van der Waals surface area contributed by atoms with E-state index in [1.54, 1.807) is 19.0 Å². The summed E-state index contributed by atoms with van der Waals surface area (Å²) in [5.41, 5.74) is 8.62. The first-order valence-electron chi connectivity index (χ1n) is 6.23. The zero-order chi connectivity index (χ0) is 14.6. The molecule has 0 atom stereocenters. The van der Waals surface area contributed by atoms with E-state index in [1.165, 1.54) is 0 Å². The smallest absolute Gasteiger partial charge is 0.241 e. The fourth-order valence-corrected chi connectivity index (χ4v) is 2.10. The summed E-state index contributed by atoms with van der Waals surface area (Å²) >= 11 is 5.10. The third-order valence-corrected chi connectivity index (χ3v) is 3.25. The molecule has 104 valence electrons. The predicted molar refractivity (Wildman–Crippen MR) is 83.6 cm³/mol. The van der Waals surface area contributed by atoms with Crippen LogP contribution in [0.4, 0.5) is 5.69 Å². The fraction of sp³-hybridized carbons (Fsp3) is 0.429. The number of hydrogen-bond acceptors (Lipinski definition) is 3. The first-order valence-corrected chi connectivity index (χ1v) is 6.63. The van der Waals surface area contributed by atoms with E-state index in [0.29, 0.717) is 11.5 Å². The van der Waals surface area contributed by atoms with Gasteiger partial charge in [-0.1, -0.05) is 24.4 Å². The number of hydrogen-bond donors (Lipinski definition) is 1. The Morgan fingerprint density at radius 3 is 2.47 bits per heavy atom. The maximum absolute atomic E-state index is 11.9. The van der Waals surface area contributed by atoms with Crippen LogP contribution in [0.25, 0.3) is 0 Å². The third kappa shape index (κ3) is 3.67. The number of aryl methyl sites for hydroxylation is 1. The zero-order valence-corrected chi connectivity index (χ0v) is 12.8. The number of nitrogens with two attached hydrogens (primary N) is 1. The topological polar surface area (TPSA) is 49.6 Å². The summed E-state index contributed by atoms with van der Waals surface area (Å²) in [5, 5.41) is 0. The van der Waals surface area contributed by atoms with Gasteiger partial charge < -0.3 is 15.5 Å². The molecule has 0 aliphatic carbocycles. The number of likely N-dealkylation sites (N-methyl/N-ethyl adjacent to an activating group) is 2. The summed E-state index contributed by atoms with van der Waals surface area (Å²) < 4.78 is 0. The Hall–Kier alpha value is -1.62. The molecule has 19 heavy (non-hydrogen) atoms. The van der Waals surface area contributed by atoms with Crippen LogP contribution in [-0.2, 0) is 4.79 Å². The molecule has 0 saturated heterocycles. The SMILES string of the molecule is CCN(CC(=O)N(C)C)c1c(C)cccc1C(N)=S. The Labute approximate surface area is 120 Å². The molecule has 2 N–H and O–H groups in total. The van der Waals surface area contributed by atoms with Gasteiger partial charge in [-0.05, 0) is 25.5 Å². The van der Waals surface area contributed by atoms with Gasteiger partial charge in [-0.15, -0.1) is 0 Å². The lowest BCUT2D eigenvalue weighted by molar-refractivity contribution is -0.127.